The minimum Gasteiger partial charge on any atom is -0.508 e. The molecule has 1 heterocycles. The van der Waals surface area contributed by atoms with Crippen LogP contribution in [0, 0.1) is 6.92 Å². The number of hydrogen-bond acceptors (Lipinski definition) is 5. The van der Waals surface area contributed by atoms with Crippen molar-refractivity contribution < 1.29 is 14.6 Å². The number of fused-ring (bicyclic) bond motifs is 1. The molecule has 6 nitrogen and oxygen atoms in total. The fraction of sp³-hybridized carbons (Fsp3) is 0.148. The van der Waals surface area contributed by atoms with Crippen molar-refractivity contribution in [2.45, 2.75) is 20.8 Å². The van der Waals surface area contributed by atoms with Gasteiger partial charge in [0.05, 0.1) is 29.1 Å². The van der Waals surface area contributed by atoms with Crippen LogP contribution in [0.15, 0.2) is 77.9 Å². The first kappa shape index (κ1) is 22.0. The molecule has 0 saturated carbocycles. The average molecular weight is 440 g/mol. The Labute approximate surface area is 192 Å². The third-order valence-electron chi connectivity index (χ3n) is 5.28. The predicted molar refractivity (Wildman–Crippen MR) is 131 cm³/mol. The van der Waals surface area contributed by atoms with Crippen molar-refractivity contribution in [1.29, 1.82) is 0 Å². The fourth-order valence-corrected chi connectivity index (χ4v) is 3.53. The molecular weight excluding hydrogens is 414 g/mol. The van der Waals surface area contributed by atoms with Gasteiger partial charge in [0.2, 0.25) is 0 Å². The van der Waals surface area contributed by atoms with Crippen LogP contribution in [0.2, 0.25) is 0 Å². The van der Waals surface area contributed by atoms with E-state index in [4.69, 9.17) is 9.72 Å². The molecule has 0 aliphatic rings. The average Bonchev–Trinajstić information content (AvgIpc) is 2.83. The van der Waals surface area contributed by atoms with Crippen molar-refractivity contribution in [3.63, 3.8) is 0 Å². The number of carbonyl (C=O) groups excluding carboxylic acids is 1. The molecule has 6 heteroatoms. The van der Waals surface area contributed by atoms with Gasteiger partial charge in [-0.15, -0.1) is 0 Å². The monoisotopic (exact) mass is 439 g/mol. The minimum atomic E-state index is -0.321. The highest BCUT2D eigenvalue weighted by atomic mass is 16.5. The molecule has 1 amide bonds. The predicted octanol–water partition coefficient (Wildman–Crippen LogP) is 5.47. The van der Waals surface area contributed by atoms with E-state index < -0.39 is 0 Å². The molecule has 2 N–H and O–H groups in total. The second-order valence-electron chi connectivity index (χ2n) is 7.72. The maximum absolute atomic E-state index is 13.2. The molecule has 0 fully saturated rings. The zero-order chi connectivity index (χ0) is 23.4. The second kappa shape index (κ2) is 9.53. The number of nitrogens with one attached hydrogen (secondary N) is 1. The molecule has 4 rings (SSSR count). The number of aromatic hydroxyl groups is 1. The number of benzene rings is 3. The highest BCUT2D eigenvalue weighted by Crippen LogP contribution is 2.27. The van der Waals surface area contributed by atoms with Crippen LogP contribution in [-0.2, 0) is 0 Å². The van der Waals surface area contributed by atoms with Crippen LogP contribution in [0.25, 0.3) is 22.2 Å². The van der Waals surface area contributed by atoms with E-state index in [1.165, 1.54) is 0 Å². The van der Waals surface area contributed by atoms with Gasteiger partial charge >= 0.3 is 0 Å². The highest BCUT2D eigenvalue weighted by Gasteiger charge is 2.14. The molecule has 1 aromatic heterocycles. The lowest BCUT2D eigenvalue weighted by Gasteiger charge is -2.11. The van der Waals surface area contributed by atoms with Crippen molar-refractivity contribution >= 4 is 22.5 Å². The van der Waals surface area contributed by atoms with E-state index in [2.05, 4.69) is 10.5 Å². The summed E-state index contributed by atoms with van der Waals surface area (Å²) in [5.74, 6) is 0.643. The quantitative estimate of drug-likeness (QED) is 0.308. The van der Waals surface area contributed by atoms with Crippen molar-refractivity contribution in [2.75, 3.05) is 6.61 Å². The number of rotatable bonds is 6. The number of nitrogens with zero attached hydrogens (tertiary/aromatic N) is 2. The first-order valence-electron chi connectivity index (χ1n) is 10.7. The lowest BCUT2D eigenvalue weighted by atomic mass is 10.0. The van der Waals surface area contributed by atoms with Crippen molar-refractivity contribution in [3.05, 3.63) is 89.5 Å². The van der Waals surface area contributed by atoms with Gasteiger partial charge in [-0.3, -0.25) is 4.79 Å². The van der Waals surface area contributed by atoms with Crippen molar-refractivity contribution in [2.24, 2.45) is 5.10 Å². The van der Waals surface area contributed by atoms with Gasteiger partial charge in [-0.2, -0.15) is 5.10 Å². The SMILES string of the molecule is CCOc1ccc(-c2cc(C(=O)N/N=C(/C)c3ccc(O)cc3)c3cc(C)ccc3n2)cc1. The zero-order valence-corrected chi connectivity index (χ0v) is 18.8. The van der Waals surface area contributed by atoms with Crippen LogP contribution in [0.1, 0.15) is 35.3 Å². The zero-order valence-electron chi connectivity index (χ0n) is 18.8. The summed E-state index contributed by atoms with van der Waals surface area (Å²) >= 11 is 0. The van der Waals surface area contributed by atoms with Gasteiger partial charge in [0.1, 0.15) is 11.5 Å². The van der Waals surface area contributed by atoms with E-state index in [1.54, 1.807) is 37.3 Å². The third kappa shape index (κ3) is 5.01. The van der Waals surface area contributed by atoms with Crippen molar-refractivity contribution in [1.82, 2.24) is 10.4 Å². The molecule has 0 aliphatic carbocycles. The Morgan fingerprint density at radius 3 is 2.45 bits per heavy atom. The Morgan fingerprint density at radius 1 is 1.03 bits per heavy atom. The molecule has 4 aromatic rings. The van der Waals surface area contributed by atoms with Gasteiger partial charge in [0.15, 0.2) is 0 Å². The molecule has 0 bridgehead atoms. The Morgan fingerprint density at radius 2 is 1.76 bits per heavy atom. The van der Waals surface area contributed by atoms with Gasteiger partial charge in [-0.25, -0.2) is 10.4 Å². The summed E-state index contributed by atoms with van der Waals surface area (Å²) in [5, 5.41) is 14.5. The summed E-state index contributed by atoms with van der Waals surface area (Å²) in [5.41, 5.74) is 7.95. The number of aryl methyl sites for hydroxylation is 1. The third-order valence-corrected chi connectivity index (χ3v) is 5.28. The Balaban J connectivity index is 1.70. The summed E-state index contributed by atoms with van der Waals surface area (Å²) in [6.45, 7) is 6.32. The van der Waals surface area contributed by atoms with E-state index in [-0.39, 0.29) is 11.7 Å². The van der Waals surface area contributed by atoms with Crippen LogP contribution in [0.5, 0.6) is 11.5 Å². The molecule has 166 valence electrons. The molecule has 0 unspecified atom stereocenters. The summed E-state index contributed by atoms with van der Waals surface area (Å²) in [6.07, 6.45) is 0. The van der Waals surface area contributed by atoms with E-state index >= 15 is 0 Å². The number of ether oxygens (including phenoxy) is 1. The standard InChI is InChI=1S/C27H25N3O3/c1-4-33-22-12-8-20(9-13-22)26-16-24(23-15-17(2)5-14-25(23)28-26)27(32)30-29-18(3)19-6-10-21(31)11-7-19/h5-16,31H,4H2,1-3H3,(H,30,32)/b29-18-. The first-order chi connectivity index (χ1) is 15.9. The van der Waals surface area contributed by atoms with Crippen LogP contribution < -0.4 is 10.2 Å². The molecule has 0 radical (unpaired) electrons. The summed E-state index contributed by atoms with van der Waals surface area (Å²) < 4.78 is 5.53. The van der Waals surface area contributed by atoms with E-state index in [0.717, 1.165) is 33.3 Å². The van der Waals surface area contributed by atoms with Gasteiger partial charge in [-0.1, -0.05) is 11.6 Å². The number of carbonyl (C=O) groups is 1. The lowest BCUT2D eigenvalue weighted by Crippen LogP contribution is -2.20. The Kier molecular flexibility index (Phi) is 6.36. The number of aromatic nitrogens is 1. The highest BCUT2D eigenvalue weighted by molar-refractivity contribution is 6.08. The number of hydrogen-bond donors (Lipinski definition) is 2. The number of pyridine rings is 1. The second-order valence-corrected chi connectivity index (χ2v) is 7.72. The van der Waals surface area contributed by atoms with E-state index in [9.17, 15) is 9.90 Å². The topological polar surface area (TPSA) is 83.8 Å². The fourth-order valence-electron chi connectivity index (χ4n) is 3.53. The van der Waals surface area contributed by atoms with Crippen LogP contribution in [-0.4, -0.2) is 28.3 Å². The number of phenols is 1. The van der Waals surface area contributed by atoms with E-state index in [1.807, 2.05) is 56.3 Å². The van der Waals surface area contributed by atoms with Crippen molar-refractivity contribution in [3.8, 4) is 22.8 Å². The maximum atomic E-state index is 13.2. The summed E-state index contributed by atoms with van der Waals surface area (Å²) in [7, 11) is 0. The van der Waals surface area contributed by atoms with E-state index in [0.29, 0.717) is 23.6 Å². The number of phenolic OH excluding ortho intramolecular Hbond substituents is 1. The summed E-state index contributed by atoms with van der Waals surface area (Å²) in [6, 6.07) is 22.0. The molecule has 3 aromatic carbocycles. The van der Waals surface area contributed by atoms with Crippen LogP contribution >= 0.6 is 0 Å². The molecule has 0 saturated heterocycles. The molecule has 33 heavy (non-hydrogen) atoms. The minimum absolute atomic E-state index is 0.177. The normalized spacial score (nSPS) is 11.4. The Bertz CT molecular complexity index is 1330. The van der Waals surface area contributed by atoms with Gasteiger partial charge in [0.25, 0.3) is 5.91 Å². The number of hydrazone groups is 1. The summed E-state index contributed by atoms with van der Waals surface area (Å²) in [4.78, 5) is 18.0. The molecule has 0 aliphatic heterocycles. The molecular formula is C27H25N3O3. The number of amides is 1. The Hall–Kier alpha value is -4.19. The van der Waals surface area contributed by atoms with Gasteiger partial charge in [0, 0.05) is 10.9 Å². The maximum Gasteiger partial charge on any atom is 0.272 e. The molecule has 0 spiro atoms. The van der Waals surface area contributed by atoms with Gasteiger partial charge in [-0.05, 0) is 93.1 Å². The first-order valence-corrected chi connectivity index (χ1v) is 10.7. The lowest BCUT2D eigenvalue weighted by molar-refractivity contribution is 0.0956. The largest absolute Gasteiger partial charge is 0.508 e. The smallest absolute Gasteiger partial charge is 0.272 e. The van der Waals surface area contributed by atoms with Gasteiger partial charge < -0.3 is 9.84 Å². The van der Waals surface area contributed by atoms with Crippen LogP contribution in [0.3, 0.4) is 0 Å². The molecule has 0 atom stereocenters. The van der Waals surface area contributed by atoms with Crippen LogP contribution in [0.4, 0.5) is 0 Å².